The minimum Gasteiger partial charge on any atom is -0.463 e. The largest absolute Gasteiger partial charge is 0.463 e. The van der Waals surface area contributed by atoms with Crippen molar-refractivity contribution in [2.45, 2.75) is 58.4 Å². The second-order valence-electron chi connectivity index (χ2n) is 11.9. The van der Waals surface area contributed by atoms with E-state index in [2.05, 4.69) is 88.4 Å². The summed E-state index contributed by atoms with van der Waals surface area (Å²) in [6.45, 7) is 15.5. The van der Waals surface area contributed by atoms with E-state index in [4.69, 9.17) is 37.6 Å². The van der Waals surface area contributed by atoms with Crippen LogP contribution in [0.25, 0.3) is 0 Å². The number of hydrogen-bond acceptors (Lipinski definition) is 9. The second kappa shape index (κ2) is 24.9. The van der Waals surface area contributed by atoms with Crippen LogP contribution in [0.1, 0.15) is 53.4 Å². The monoisotopic (exact) mass is 662 g/mol. The smallest absolute Gasteiger partial charge is 0.305 e. The molecule has 10 heteroatoms. The van der Waals surface area contributed by atoms with Crippen molar-refractivity contribution in [2.75, 3.05) is 92.5 Å². The Kier molecular flexibility index (Phi) is 21.7. The van der Waals surface area contributed by atoms with Gasteiger partial charge in [0.2, 0.25) is 0 Å². The first-order valence-corrected chi connectivity index (χ1v) is 18.7. The highest BCUT2D eigenvalue weighted by molar-refractivity contribution is 6.99. The molecule has 0 aliphatic carbocycles. The van der Waals surface area contributed by atoms with Crippen LogP contribution in [0, 0.1) is 0 Å². The van der Waals surface area contributed by atoms with Gasteiger partial charge in [-0.05, 0) is 21.8 Å². The minimum atomic E-state index is -2.53. The molecule has 0 unspecified atom stereocenters. The van der Waals surface area contributed by atoms with Crippen LogP contribution in [0.15, 0.2) is 60.7 Å². The Morgan fingerprint density at radius 1 is 0.543 bits per heavy atom. The molecule has 46 heavy (non-hydrogen) atoms. The molecular formula is C36H58O9Si. The van der Waals surface area contributed by atoms with Crippen molar-refractivity contribution >= 4 is 24.7 Å². The van der Waals surface area contributed by atoms with Gasteiger partial charge in [-0.2, -0.15) is 0 Å². The van der Waals surface area contributed by atoms with Gasteiger partial charge in [0.15, 0.2) is 0 Å². The number of rotatable bonds is 28. The molecule has 0 radical (unpaired) electrons. The lowest BCUT2D eigenvalue weighted by Crippen LogP contribution is -2.66. The van der Waals surface area contributed by atoms with Gasteiger partial charge in [0.1, 0.15) is 6.61 Å². The third-order valence-corrected chi connectivity index (χ3v) is 12.3. The Hall–Kier alpha value is -2.15. The summed E-state index contributed by atoms with van der Waals surface area (Å²) in [6.07, 6.45) is 3.50. The molecule has 0 fully saturated rings. The molecule has 0 aliphatic rings. The molecule has 0 atom stereocenters. The van der Waals surface area contributed by atoms with Crippen molar-refractivity contribution < 1.29 is 42.4 Å². The van der Waals surface area contributed by atoms with Crippen LogP contribution in [0.2, 0.25) is 5.04 Å². The summed E-state index contributed by atoms with van der Waals surface area (Å²) >= 11 is 0. The van der Waals surface area contributed by atoms with E-state index in [0.29, 0.717) is 92.3 Å². The molecule has 0 amide bonds. The van der Waals surface area contributed by atoms with Gasteiger partial charge in [0.25, 0.3) is 8.32 Å². The third kappa shape index (κ3) is 16.1. The van der Waals surface area contributed by atoms with Gasteiger partial charge in [-0.25, -0.2) is 0 Å². The first kappa shape index (κ1) is 40.0. The van der Waals surface area contributed by atoms with Crippen molar-refractivity contribution in [2.24, 2.45) is 0 Å². The average molecular weight is 663 g/mol. The molecule has 0 saturated heterocycles. The molecule has 0 bridgehead atoms. The summed E-state index contributed by atoms with van der Waals surface area (Å²) in [4.78, 5) is 11.5. The molecule has 2 aromatic carbocycles. The third-order valence-electron chi connectivity index (χ3n) is 7.30. The highest BCUT2D eigenvalue weighted by atomic mass is 28.4. The van der Waals surface area contributed by atoms with Crippen molar-refractivity contribution in [1.29, 1.82) is 0 Å². The fourth-order valence-electron chi connectivity index (χ4n) is 5.02. The van der Waals surface area contributed by atoms with Crippen LogP contribution in [0.3, 0.4) is 0 Å². The van der Waals surface area contributed by atoms with Crippen LogP contribution >= 0.6 is 0 Å². The summed E-state index contributed by atoms with van der Waals surface area (Å²) < 4.78 is 45.4. The lowest BCUT2D eigenvalue weighted by Gasteiger charge is -2.43. The van der Waals surface area contributed by atoms with Crippen LogP contribution in [-0.2, 0) is 42.4 Å². The Morgan fingerprint density at radius 3 is 1.28 bits per heavy atom. The van der Waals surface area contributed by atoms with Crippen molar-refractivity contribution in [3.05, 3.63) is 60.7 Å². The van der Waals surface area contributed by atoms with E-state index in [-0.39, 0.29) is 17.6 Å². The van der Waals surface area contributed by atoms with Gasteiger partial charge in [-0.1, -0.05) is 101 Å². The fraction of sp³-hybridized carbons (Fsp3) is 0.639. The van der Waals surface area contributed by atoms with Gasteiger partial charge in [-0.15, -0.1) is 0 Å². The van der Waals surface area contributed by atoms with Crippen LogP contribution in [0.4, 0.5) is 0 Å². The van der Waals surface area contributed by atoms with Crippen molar-refractivity contribution in [1.82, 2.24) is 0 Å². The number of esters is 1. The molecule has 0 saturated carbocycles. The molecule has 0 heterocycles. The molecule has 0 aliphatic heterocycles. The number of unbranched alkanes of at least 4 members (excludes halogenated alkanes) is 2. The van der Waals surface area contributed by atoms with E-state index in [1.807, 2.05) is 0 Å². The summed E-state index contributed by atoms with van der Waals surface area (Å²) in [5.41, 5.74) is 0. The highest BCUT2D eigenvalue weighted by Gasteiger charge is 2.50. The first-order chi connectivity index (χ1) is 22.4. The fourth-order valence-corrected chi connectivity index (χ4v) is 9.57. The van der Waals surface area contributed by atoms with E-state index in [0.717, 1.165) is 19.3 Å². The lowest BCUT2D eigenvalue weighted by atomic mass is 10.2. The predicted molar refractivity (Wildman–Crippen MR) is 184 cm³/mol. The first-order valence-electron chi connectivity index (χ1n) is 16.8. The van der Waals surface area contributed by atoms with Gasteiger partial charge in [0.05, 0.1) is 85.9 Å². The van der Waals surface area contributed by atoms with E-state index in [1.54, 1.807) is 0 Å². The molecule has 2 rings (SSSR count). The number of ether oxygens (including phenoxy) is 7. The summed E-state index contributed by atoms with van der Waals surface area (Å²) in [6, 6.07) is 21.3. The second-order valence-corrected chi connectivity index (χ2v) is 16.2. The molecule has 0 N–H and O–H groups in total. The van der Waals surface area contributed by atoms with Crippen LogP contribution < -0.4 is 10.4 Å². The van der Waals surface area contributed by atoms with Gasteiger partial charge >= 0.3 is 5.97 Å². The summed E-state index contributed by atoms with van der Waals surface area (Å²) in [5.74, 6) is -0.156. The summed E-state index contributed by atoms with van der Waals surface area (Å²) in [5, 5.41) is 2.48. The van der Waals surface area contributed by atoms with Crippen molar-refractivity contribution in [3.8, 4) is 0 Å². The zero-order valence-electron chi connectivity index (χ0n) is 28.7. The number of carbonyl (C=O) groups excluding carboxylic acids is 1. The zero-order valence-corrected chi connectivity index (χ0v) is 29.7. The van der Waals surface area contributed by atoms with Gasteiger partial charge in [0, 0.05) is 6.42 Å². The quantitative estimate of drug-likeness (QED) is 0.0725. The predicted octanol–water partition coefficient (Wildman–Crippen LogP) is 4.79. The Morgan fingerprint density at radius 2 is 0.913 bits per heavy atom. The van der Waals surface area contributed by atoms with Gasteiger partial charge < -0.3 is 37.6 Å². The highest BCUT2D eigenvalue weighted by Crippen LogP contribution is 2.36. The molecule has 0 spiro atoms. The normalized spacial score (nSPS) is 12.0. The van der Waals surface area contributed by atoms with E-state index in [1.165, 1.54) is 10.4 Å². The van der Waals surface area contributed by atoms with Crippen LogP contribution in [0.5, 0.6) is 0 Å². The molecular weight excluding hydrogens is 604 g/mol. The molecule has 260 valence electrons. The van der Waals surface area contributed by atoms with E-state index < -0.39 is 8.32 Å². The Labute approximate surface area is 278 Å². The average Bonchev–Trinajstić information content (AvgIpc) is 3.05. The standard InChI is InChI=1S/C36H58O9Si/c1-5-6-9-18-35(37)44-31-29-42-27-25-40-23-21-38-19-20-39-22-24-41-26-28-43-30-32-45-46(36(2,3)4,33-14-10-7-11-15-33)34-16-12-8-13-17-34/h7-8,10-17H,5-6,9,18-32H2,1-4H3. The Bertz CT molecular complexity index is 962. The van der Waals surface area contributed by atoms with E-state index in [9.17, 15) is 4.79 Å². The maximum Gasteiger partial charge on any atom is 0.305 e. The maximum absolute atomic E-state index is 11.5. The SMILES string of the molecule is CCCCCC(=O)OCCOCCOCCOCCOCCOCCOCCO[Si](c1ccccc1)(c1ccccc1)C(C)(C)C. The van der Waals surface area contributed by atoms with E-state index >= 15 is 0 Å². The lowest BCUT2D eigenvalue weighted by molar-refractivity contribution is -0.145. The topological polar surface area (TPSA) is 90.9 Å². The summed E-state index contributed by atoms with van der Waals surface area (Å²) in [7, 11) is -2.53. The number of benzene rings is 2. The van der Waals surface area contributed by atoms with Gasteiger partial charge in [-0.3, -0.25) is 4.79 Å². The molecule has 9 nitrogen and oxygen atoms in total. The molecule has 0 aromatic heterocycles. The number of hydrogen-bond donors (Lipinski definition) is 0. The zero-order chi connectivity index (χ0) is 33.2. The molecule has 2 aromatic rings. The number of carbonyl (C=O) groups is 1. The van der Waals surface area contributed by atoms with Crippen LogP contribution in [-0.4, -0.2) is 107 Å². The maximum atomic E-state index is 11.5. The minimum absolute atomic E-state index is 0.0547. The Balaban J connectivity index is 1.42. The van der Waals surface area contributed by atoms with Crippen molar-refractivity contribution in [3.63, 3.8) is 0 Å².